The average Bonchev–Trinajstić information content (AvgIpc) is 2.32. The Balaban J connectivity index is 2.09. The maximum Gasteiger partial charge on any atom is 0.137 e. The second kappa shape index (κ2) is 6.04. The van der Waals surface area contributed by atoms with Crippen molar-refractivity contribution in [3.05, 3.63) is 61.7 Å². The molecular formula is C13H9Br2ClFN. The first-order valence-electron chi connectivity index (χ1n) is 5.19. The fraction of sp³-hybridized carbons (Fsp3) is 0.0769. The van der Waals surface area contributed by atoms with Crippen LogP contribution >= 0.6 is 43.5 Å². The molecule has 0 atom stereocenters. The Kier molecular flexibility index (Phi) is 4.65. The summed E-state index contributed by atoms with van der Waals surface area (Å²) in [5.41, 5.74) is 1.94. The van der Waals surface area contributed by atoms with Crippen molar-refractivity contribution in [1.29, 1.82) is 0 Å². The maximum absolute atomic E-state index is 13.1. The summed E-state index contributed by atoms with van der Waals surface area (Å²) in [5, 5.41) is 3.91. The normalized spacial score (nSPS) is 10.4. The first-order valence-corrected chi connectivity index (χ1v) is 7.15. The van der Waals surface area contributed by atoms with E-state index in [0.29, 0.717) is 16.0 Å². The molecule has 5 heteroatoms. The second-order valence-electron chi connectivity index (χ2n) is 3.72. The number of hydrogen-bond donors (Lipinski definition) is 1. The lowest BCUT2D eigenvalue weighted by atomic mass is 10.2. The van der Waals surface area contributed by atoms with Gasteiger partial charge >= 0.3 is 0 Å². The van der Waals surface area contributed by atoms with Crippen molar-refractivity contribution in [1.82, 2.24) is 0 Å². The number of anilines is 1. The predicted octanol–water partition coefficient (Wildman–Crippen LogP) is 5.62. The zero-order chi connectivity index (χ0) is 13.1. The first kappa shape index (κ1) is 13.8. The second-order valence-corrected chi connectivity index (χ2v) is 5.86. The largest absolute Gasteiger partial charge is 0.381 e. The highest BCUT2D eigenvalue weighted by Crippen LogP contribution is 2.24. The molecular weight excluding hydrogens is 384 g/mol. The summed E-state index contributed by atoms with van der Waals surface area (Å²) in [6.45, 7) is 0.635. The summed E-state index contributed by atoms with van der Waals surface area (Å²) < 4.78 is 14.5. The molecule has 0 aromatic heterocycles. The van der Waals surface area contributed by atoms with Crippen LogP contribution < -0.4 is 5.32 Å². The van der Waals surface area contributed by atoms with E-state index in [-0.39, 0.29) is 5.82 Å². The molecule has 0 heterocycles. The van der Waals surface area contributed by atoms with Gasteiger partial charge in [-0.1, -0.05) is 33.6 Å². The molecule has 94 valence electrons. The van der Waals surface area contributed by atoms with E-state index in [2.05, 4.69) is 37.2 Å². The number of nitrogens with one attached hydrogen (secondary N) is 1. The summed E-state index contributed by atoms with van der Waals surface area (Å²) in [6.07, 6.45) is 0. The Hall–Kier alpha value is -0.580. The summed E-state index contributed by atoms with van der Waals surface area (Å²) >= 11 is 12.5. The topological polar surface area (TPSA) is 12.0 Å². The lowest BCUT2D eigenvalue weighted by Crippen LogP contribution is -2.00. The van der Waals surface area contributed by atoms with E-state index in [4.69, 9.17) is 11.6 Å². The van der Waals surface area contributed by atoms with Gasteiger partial charge in [-0.3, -0.25) is 0 Å². The van der Waals surface area contributed by atoms with Crippen LogP contribution in [-0.2, 0) is 6.54 Å². The third-order valence-corrected chi connectivity index (χ3v) is 4.00. The molecule has 0 saturated heterocycles. The Morgan fingerprint density at radius 2 is 1.83 bits per heavy atom. The number of rotatable bonds is 3. The summed E-state index contributed by atoms with van der Waals surface area (Å²) in [7, 11) is 0. The highest BCUT2D eigenvalue weighted by Gasteiger charge is 2.03. The van der Waals surface area contributed by atoms with E-state index >= 15 is 0 Å². The molecule has 0 bridgehead atoms. The van der Waals surface area contributed by atoms with Gasteiger partial charge in [-0.15, -0.1) is 0 Å². The van der Waals surface area contributed by atoms with Crippen molar-refractivity contribution in [2.75, 3.05) is 5.32 Å². The van der Waals surface area contributed by atoms with Crippen LogP contribution in [0.2, 0.25) is 5.02 Å². The highest BCUT2D eigenvalue weighted by atomic mass is 79.9. The van der Waals surface area contributed by atoms with Crippen LogP contribution in [0.5, 0.6) is 0 Å². The Bertz CT molecular complexity index is 575. The van der Waals surface area contributed by atoms with Gasteiger partial charge in [0.25, 0.3) is 0 Å². The molecule has 18 heavy (non-hydrogen) atoms. The lowest BCUT2D eigenvalue weighted by molar-refractivity contribution is 0.621. The van der Waals surface area contributed by atoms with Gasteiger partial charge in [-0.05, 0) is 51.8 Å². The minimum Gasteiger partial charge on any atom is -0.381 e. The zero-order valence-electron chi connectivity index (χ0n) is 9.18. The molecule has 0 aliphatic heterocycles. The van der Waals surface area contributed by atoms with Gasteiger partial charge in [0.1, 0.15) is 5.82 Å². The average molecular weight is 393 g/mol. The summed E-state index contributed by atoms with van der Waals surface area (Å²) in [5.74, 6) is -0.270. The molecule has 0 fully saturated rings. The molecule has 1 nitrogen and oxygen atoms in total. The molecule has 2 rings (SSSR count). The van der Waals surface area contributed by atoms with Crippen molar-refractivity contribution in [3.63, 3.8) is 0 Å². The van der Waals surface area contributed by atoms with Crippen LogP contribution in [0.3, 0.4) is 0 Å². The quantitative estimate of drug-likeness (QED) is 0.714. The van der Waals surface area contributed by atoms with Crippen molar-refractivity contribution in [2.24, 2.45) is 0 Å². The molecule has 0 aliphatic rings. The van der Waals surface area contributed by atoms with Crippen LogP contribution in [0, 0.1) is 5.82 Å². The third-order valence-electron chi connectivity index (χ3n) is 2.42. The minimum atomic E-state index is -0.270. The number of benzene rings is 2. The fourth-order valence-electron chi connectivity index (χ4n) is 1.47. The van der Waals surface area contributed by atoms with Crippen LogP contribution in [0.25, 0.3) is 0 Å². The number of hydrogen-bond acceptors (Lipinski definition) is 1. The summed E-state index contributed by atoms with van der Waals surface area (Å²) in [4.78, 5) is 0. The Morgan fingerprint density at radius 3 is 2.50 bits per heavy atom. The zero-order valence-corrected chi connectivity index (χ0v) is 13.1. The molecule has 1 N–H and O–H groups in total. The van der Waals surface area contributed by atoms with Crippen LogP contribution in [-0.4, -0.2) is 0 Å². The van der Waals surface area contributed by atoms with Crippen LogP contribution in [0.1, 0.15) is 5.56 Å². The van der Waals surface area contributed by atoms with E-state index in [9.17, 15) is 4.39 Å². The number of halogens is 4. The molecule has 0 spiro atoms. The van der Waals surface area contributed by atoms with Gasteiger partial charge in [0.15, 0.2) is 0 Å². The SMILES string of the molecule is Fc1ccc(NCc2ccc(Cl)cc2Br)cc1Br. The standard InChI is InChI=1S/C13H9Br2ClFN/c14-11-5-9(16)2-1-8(11)7-18-10-3-4-13(17)12(15)6-10/h1-6,18H,7H2. The fourth-order valence-corrected chi connectivity index (χ4v) is 2.67. The van der Waals surface area contributed by atoms with Gasteiger partial charge in [-0.2, -0.15) is 0 Å². The van der Waals surface area contributed by atoms with Crippen molar-refractivity contribution in [3.8, 4) is 0 Å². The van der Waals surface area contributed by atoms with Crippen molar-refractivity contribution < 1.29 is 4.39 Å². The molecule has 0 unspecified atom stereocenters. The monoisotopic (exact) mass is 391 g/mol. The molecule has 2 aromatic carbocycles. The smallest absolute Gasteiger partial charge is 0.137 e. The lowest BCUT2D eigenvalue weighted by Gasteiger charge is -2.09. The Labute approximate surface area is 127 Å². The molecule has 0 aliphatic carbocycles. The van der Waals surface area contributed by atoms with Crippen LogP contribution in [0.4, 0.5) is 10.1 Å². The van der Waals surface area contributed by atoms with Crippen LogP contribution in [0.15, 0.2) is 45.3 Å². The minimum absolute atomic E-state index is 0.270. The molecule has 0 radical (unpaired) electrons. The predicted molar refractivity (Wildman–Crippen MR) is 80.6 cm³/mol. The molecule has 0 amide bonds. The van der Waals surface area contributed by atoms with E-state index in [1.165, 1.54) is 6.07 Å². The Morgan fingerprint density at radius 1 is 1.06 bits per heavy atom. The first-order chi connectivity index (χ1) is 8.56. The molecule has 0 saturated carbocycles. The third kappa shape index (κ3) is 3.46. The van der Waals surface area contributed by atoms with Gasteiger partial charge in [0.05, 0.1) is 4.47 Å². The van der Waals surface area contributed by atoms with E-state index in [0.717, 1.165) is 15.7 Å². The summed E-state index contributed by atoms with van der Waals surface area (Å²) in [6, 6.07) is 10.5. The highest BCUT2D eigenvalue weighted by molar-refractivity contribution is 9.10. The van der Waals surface area contributed by atoms with Gasteiger partial charge in [0, 0.05) is 21.7 Å². The van der Waals surface area contributed by atoms with Crippen molar-refractivity contribution in [2.45, 2.75) is 6.54 Å². The van der Waals surface area contributed by atoms with Crippen molar-refractivity contribution >= 4 is 49.1 Å². The van der Waals surface area contributed by atoms with Gasteiger partial charge in [-0.25, -0.2) is 4.39 Å². The van der Waals surface area contributed by atoms with E-state index in [1.54, 1.807) is 12.1 Å². The molecule has 2 aromatic rings. The maximum atomic E-state index is 13.1. The van der Waals surface area contributed by atoms with E-state index < -0.39 is 0 Å². The van der Waals surface area contributed by atoms with Gasteiger partial charge in [0.2, 0.25) is 0 Å². The van der Waals surface area contributed by atoms with E-state index in [1.807, 2.05) is 18.2 Å². The van der Waals surface area contributed by atoms with Gasteiger partial charge < -0.3 is 5.32 Å².